The minimum atomic E-state index is -0.219. The Morgan fingerprint density at radius 2 is 1.22 bits per heavy atom. The van der Waals surface area contributed by atoms with E-state index >= 15 is 0 Å². The second-order valence-corrected chi connectivity index (χ2v) is 7.02. The monoisotopic (exact) mass is 422 g/mol. The van der Waals surface area contributed by atoms with Crippen LogP contribution in [0.4, 0.5) is 11.4 Å². The summed E-state index contributed by atoms with van der Waals surface area (Å²) in [6.45, 7) is 0.902. The highest BCUT2D eigenvalue weighted by Gasteiger charge is 2.14. The highest BCUT2D eigenvalue weighted by molar-refractivity contribution is 5.94. The van der Waals surface area contributed by atoms with Crippen molar-refractivity contribution in [1.82, 2.24) is 20.4 Å². The quantitative estimate of drug-likeness (QED) is 0.311. The molecule has 0 bridgehead atoms. The first kappa shape index (κ1) is 21.0. The normalized spacial score (nSPS) is 11.0. The van der Waals surface area contributed by atoms with E-state index in [0.29, 0.717) is 24.3 Å². The van der Waals surface area contributed by atoms with Gasteiger partial charge in [-0.05, 0) is 60.7 Å². The third-order valence-electron chi connectivity index (χ3n) is 4.58. The molecule has 0 saturated carbocycles. The van der Waals surface area contributed by atoms with Crippen molar-refractivity contribution in [3.63, 3.8) is 0 Å². The van der Waals surface area contributed by atoms with Crippen molar-refractivity contribution in [1.29, 1.82) is 0 Å². The summed E-state index contributed by atoms with van der Waals surface area (Å²) in [5, 5.41) is 10.2. The molecule has 0 saturated heterocycles. The van der Waals surface area contributed by atoms with Crippen molar-refractivity contribution >= 4 is 17.3 Å². The van der Waals surface area contributed by atoms with Crippen LogP contribution in [0.5, 0.6) is 0 Å². The number of hydrogen-bond acceptors (Lipinski definition) is 6. The molecule has 0 fully saturated rings. The molecule has 2 aromatic carbocycles. The second-order valence-electron chi connectivity index (χ2n) is 7.02. The summed E-state index contributed by atoms with van der Waals surface area (Å²) in [6.07, 6.45) is 3.47. The Hall–Kier alpha value is -4.23. The number of benzene rings is 2. The summed E-state index contributed by atoms with van der Waals surface area (Å²) in [5.74, 6) is -0.219. The van der Waals surface area contributed by atoms with Crippen LogP contribution in [0.2, 0.25) is 0 Å². The van der Waals surface area contributed by atoms with Gasteiger partial charge in [-0.3, -0.25) is 20.2 Å². The van der Waals surface area contributed by atoms with Gasteiger partial charge in [-0.2, -0.15) is 10.2 Å². The van der Waals surface area contributed by atoms with Crippen LogP contribution in [-0.2, 0) is 13.1 Å². The molecular formula is C25H22N6O. The van der Waals surface area contributed by atoms with Crippen LogP contribution in [-0.4, -0.2) is 20.9 Å². The van der Waals surface area contributed by atoms with Gasteiger partial charge in [0.2, 0.25) is 0 Å². The topological polar surface area (TPSA) is 82.8 Å². The Morgan fingerprint density at radius 3 is 1.75 bits per heavy atom. The van der Waals surface area contributed by atoms with Gasteiger partial charge in [0.1, 0.15) is 0 Å². The minimum absolute atomic E-state index is 0.219. The lowest BCUT2D eigenvalue weighted by atomic mass is 10.2. The molecule has 2 aromatic heterocycles. The van der Waals surface area contributed by atoms with Gasteiger partial charge in [0.05, 0.1) is 35.9 Å². The Bertz CT molecular complexity index is 1110. The van der Waals surface area contributed by atoms with E-state index in [4.69, 9.17) is 0 Å². The summed E-state index contributed by atoms with van der Waals surface area (Å²) >= 11 is 0. The zero-order chi connectivity index (χ0) is 22.0. The maximum absolute atomic E-state index is 12.9. The van der Waals surface area contributed by atoms with Gasteiger partial charge in [0, 0.05) is 18.0 Å². The molecular weight excluding hydrogens is 400 g/mol. The largest absolute Gasteiger partial charge is 0.284 e. The predicted octanol–water partition coefficient (Wildman–Crippen LogP) is 5.24. The van der Waals surface area contributed by atoms with Crippen LogP contribution >= 0.6 is 0 Å². The smallest absolute Gasteiger partial charge is 0.265 e. The summed E-state index contributed by atoms with van der Waals surface area (Å²) in [4.78, 5) is 21.6. The van der Waals surface area contributed by atoms with Crippen molar-refractivity contribution in [2.45, 2.75) is 13.1 Å². The van der Waals surface area contributed by atoms with Crippen LogP contribution in [0.3, 0.4) is 0 Å². The lowest BCUT2D eigenvalue weighted by molar-refractivity contribution is 0.0754. The fourth-order valence-corrected chi connectivity index (χ4v) is 3.01. The van der Waals surface area contributed by atoms with E-state index in [1.54, 1.807) is 41.7 Å². The minimum Gasteiger partial charge on any atom is -0.284 e. The average Bonchev–Trinajstić information content (AvgIpc) is 2.85. The first-order valence-corrected chi connectivity index (χ1v) is 10.2. The van der Waals surface area contributed by atoms with Crippen molar-refractivity contribution in [2.24, 2.45) is 10.2 Å². The Morgan fingerprint density at radius 1 is 0.688 bits per heavy atom. The molecule has 2 heterocycles. The first-order valence-electron chi connectivity index (χ1n) is 10.2. The van der Waals surface area contributed by atoms with Gasteiger partial charge in [-0.15, -0.1) is 0 Å². The predicted molar refractivity (Wildman–Crippen MR) is 122 cm³/mol. The number of nitrogens with one attached hydrogen (secondary N) is 1. The number of nitrogens with zero attached hydrogens (tertiary/aromatic N) is 5. The van der Waals surface area contributed by atoms with Gasteiger partial charge in [-0.1, -0.05) is 30.3 Å². The third-order valence-corrected chi connectivity index (χ3v) is 4.58. The number of pyridine rings is 2. The SMILES string of the molecule is O=C(NN(Cc1ccccn1)Cc1ccccn1)c1ccc(N=Nc2ccccc2)cc1. The fourth-order valence-electron chi connectivity index (χ4n) is 3.01. The number of hydrazine groups is 1. The third kappa shape index (κ3) is 6.13. The summed E-state index contributed by atoms with van der Waals surface area (Å²) < 4.78 is 0. The van der Waals surface area contributed by atoms with Gasteiger partial charge >= 0.3 is 0 Å². The summed E-state index contributed by atoms with van der Waals surface area (Å²) in [6, 6.07) is 27.9. The molecule has 1 amide bonds. The van der Waals surface area contributed by atoms with Crippen molar-refractivity contribution < 1.29 is 4.79 Å². The van der Waals surface area contributed by atoms with Crippen molar-refractivity contribution in [2.75, 3.05) is 0 Å². The molecule has 0 aliphatic rings. The summed E-state index contributed by atoms with van der Waals surface area (Å²) in [7, 11) is 0. The Labute approximate surface area is 186 Å². The number of rotatable bonds is 8. The molecule has 4 aromatic rings. The van der Waals surface area contributed by atoms with Crippen LogP contribution in [0.15, 0.2) is 114 Å². The molecule has 7 heteroatoms. The van der Waals surface area contributed by atoms with E-state index in [9.17, 15) is 4.79 Å². The van der Waals surface area contributed by atoms with E-state index in [2.05, 4.69) is 25.6 Å². The zero-order valence-electron chi connectivity index (χ0n) is 17.4. The van der Waals surface area contributed by atoms with Gasteiger partial charge in [0.25, 0.3) is 5.91 Å². The molecule has 158 valence electrons. The number of aromatic nitrogens is 2. The number of azo groups is 1. The maximum atomic E-state index is 12.9. The van der Waals surface area contributed by atoms with E-state index in [1.165, 1.54) is 0 Å². The number of hydrogen-bond donors (Lipinski definition) is 1. The molecule has 32 heavy (non-hydrogen) atoms. The first-order chi connectivity index (χ1) is 15.8. The molecule has 7 nitrogen and oxygen atoms in total. The van der Waals surface area contributed by atoms with Gasteiger partial charge < -0.3 is 0 Å². The fraction of sp³-hybridized carbons (Fsp3) is 0.0800. The van der Waals surface area contributed by atoms with Crippen LogP contribution in [0.1, 0.15) is 21.7 Å². The standard InChI is InChI=1S/C25H22N6O/c32-25(20-12-14-22(15-13-20)29-28-21-8-2-1-3-9-21)30-31(18-23-10-4-6-16-26-23)19-24-11-5-7-17-27-24/h1-17H,18-19H2,(H,30,32). The average molecular weight is 422 g/mol. The zero-order valence-corrected chi connectivity index (χ0v) is 17.4. The molecule has 0 unspecified atom stereocenters. The van der Waals surface area contributed by atoms with E-state index in [-0.39, 0.29) is 5.91 Å². The maximum Gasteiger partial charge on any atom is 0.265 e. The van der Waals surface area contributed by atoms with Gasteiger partial charge in [0.15, 0.2) is 0 Å². The van der Waals surface area contributed by atoms with Crippen LogP contribution < -0.4 is 5.43 Å². The number of carbonyl (C=O) groups excluding carboxylic acids is 1. The number of amides is 1. The molecule has 1 N–H and O–H groups in total. The number of carbonyl (C=O) groups is 1. The molecule has 0 aliphatic heterocycles. The molecule has 0 atom stereocenters. The Kier molecular flexibility index (Phi) is 7.03. The second kappa shape index (κ2) is 10.7. The molecule has 0 spiro atoms. The van der Waals surface area contributed by atoms with Crippen molar-refractivity contribution in [3.05, 3.63) is 120 Å². The lowest BCUT2D eigenvalue weighted by Crippen LogP contribution is -2.41. The van der Waals surface area contributed by atoms with E-state index in [1.807, 2.05) is 66.7 Å². The lowest BCUT2D eigenvalue weighted by Gasteiger charge is -2.22. The molecule has 4 rings (SSSR count). The molecule has 0 aliphatic carbocycles. The van der Waals surface area contributed by atoms with Gasteiger partial charge in [-0.25, -0.2) is 5.01 Å². The van der Waals surface area contributed by atoms with E-state index < -0.39 is 0 Å². The van der Waals surface area contributed by atoms with Crippen LogP contribution in [0.25, 0.3) is 0 Å². The molecule has 0 radical (unpaired) electrons. The van der Waals surface area contributed by atoms with Crippen LogP contribution in [0, 0.1) is 0 Å². The van der Waals surface area contributed by atoms with Crippen molar-refractivity contribution in [3.8, 4) is 0 Å². The summed E-state index contributed by atoms with van der Waals surface area (Å²) in [5.41, 5.74) is 6.63. The Balaban J connectivity index is 1.44. The van der Waals surface area contributed by atoms with E-state index in [0.717, 1.165) is 17.1 Å². The highest BCUT2D eigenvalue weighted by atomic mass is 16.2. The highest BCUT2D eigenvalue weighted by Crippen LogP contribution is 2.18.